The van der Waals surface area contributed by atoms with Crippen molar-refractivity contribution in [1.82, 2.24) is 10.2 Å². The average molecular weight is 238 g/mol. The third-order valence-electron chi connectivity index (χ3n) is 4.90. The van der Waals surface area contributed by atoms with Crippen molar-refractivity contribution >= 4 is 0 Å². The Balaban J connectivity index is 1.78. The van der Waals surface area contributed by atoms with E-state index in [0.717, 1.165) is 11.8 Å². The van der Waals surface area contributed by atoms with Crippen LogP contribution in [-0.2, 0) is 0 Å². The number of likely N-dealkylation sites (N-methyl/N-ethyl adjacent to an activating group) is 1. The summed E-state index contributed by atoms with van der Waals surface area (Å²) >= 11 is 0. The molecule has 0 amide bonds. The first kappa shape index (κ1) is 13.4. The molecule has 1 aliphatic heterocycles. The van der Waals surface area contributed by atoms with Crippen LogP contribution in [0.3, 0.4) is 0 Å². The van der Waals surface area contributed by atoms with E-state index in [1.807, 2.05) is 0 Å². The van der Waals surface area contributed by atoms with E-state index in [1.54, 1.807) is 0 Å². The summed E-state index contributed by atoms with van der Waals surface area (Å²) in [4.78, 5) is 2.73. The van der Waals surface area contributed by atoms with Gasteiger partial charge in [-0.2, -0.15) is 0 Å². The van der Waals surface area contributed by atoms with Crippen LogP contribution in [0.5, 0.6) is 0 Å². The standard InChI is InChI=1S/C15H30N2/c1-3-6-15(16-2)12-17-10-9-13-7-4-5-8-14(13)11-17/h13-16H,3-12H2,1-2H3. The first-order chi connectivity index (χ1) is 8.33. The van der Waals surface area contributed by atoms with Gasteiger partial charge in [0.15, 0.2) is 0 Å². The maximum atomic E-state index is 3.48. The Bertz CT molecular complexity index is 215. The monoisotopic (exact) mass is 238 g/mol. The lowest BCUT2D eigenvalue weighted by Gasteiger charge is -2.42. The van der Waals surface area contributed by atoms with E-state index in [0.29, 0.717) is 6.04 Å². The van der Waals surface area contributed by atoms with Crippen molar-refractivity contribution in [2.24, 2.45) is 11.8 Å². The molecule has 2 aliphatic rings. The van der Waals surface area contributed by atoms with Crippen molar-refractivity contribution in [2.75, 3.05) is 26.7 Å². The van der Waals surface area contributed by atoms with Gasteiger partial charge in [-0.3, -0.25) is 0 Å². The predicted octanol–water partition coefficient (Wildman–Crippen LogP) is 2.89. The predicted molar refractivity (Wildman–Crippen MR) is 74.3 cm³/mol. The van der Waals surface area contributed by atoms with E-state index >= 15 is 0 Å². The van der Waals surface area contributed by atoms with Crippen molar-refractivity contribution in [3.8, 4) is 0 Å². The highest BCUT2D eigenvalue weighted by Gasteiger charge is 2.31. The summed E-state index contributed by atoms with van der Waals surface area (Å²) in [6, 6.07) is 0.708. The van der Waals surface area contributed by atoms with Gasteiger partial charge in [-0.25, -0.2) is 0 Å². The molecule has 2 fully saturated rings. The van der Waals surface area contributed by atoms with Gasteiger partial charge in [0, 0.05) is 19.1 Å². The maximum Gasteiger partial charge on any atom is 0.0191 e. The summed E-state index contributed by atoms with van der Waals surface area (Å²) < 4.78 is 0. The van der Waals surface area contributed by atoms with Crippen LogP contribution in [0.25, 0.3) is 0 Å². The fraction of sp³-hybridized carbons (Fsp3) is 1.00. The van der Waals surface area contributed by atoms with Crippen LogP contribution in [-0.4, -0.2) is 37.6 Å². The molecule has 0 radical (unpaired) electrons. The highest BCUT2D eigenvalue weighted by atomic mass is 15.2. The molecule has 1 aliphatic carbocycles. The van der Waals surface area contributed by atoms with Gasteiger partial charge in [-0.05, 0) is 44.7 Å². The zero-order valence-corrected chi connectivity index (χ0v) is 11.8. The Morgan fingerprint density at radius 2 is 1.94 bits per heavy atom. The molecular formula is C15H30N2. The highest BCUT2D eigenvalue weighted by molar-refractivity contribution is 4.85. The summed E-state index contributed by atoms with van der Waals surface area (Å²) in [5, 5.41) is 3.48. The Morgan fingerprint density at radius 1 is 1.18 bits per heavy atom. The van der Waals surface area contributed by atoms with Crippen LogP contribution < -0.4 is 5.32 Å². The SMILES string of the molecule is CCCC(CN1CCC2CCCCC2C1)NC. The number of likely N-dealkylation sites (tertiary alicyclic amines) is 1. The summed E-state index contributed by atoms with van der Waals surface area (Å²) in [5.74, 6) is 2.09. The quantitative estimate of drug-likeness (QED) is 0.792. The minimum Gasteiger partial charge on any atom is -0.316 e. The summed E-state index contributed by atoms with van der Waals surface area (Å²) in [6.07, 6.45) is 10.1. The van der Waals surface area contributed by atoms with Gasteiger partial charge < -0.3 is 10.2 Å². The molecule has 17 heavy (non-hydrogen) atoms. The molecule has 2 rings (SSSR count). The first-order valence-electron chi connectivity index (χ1n) is 7.73. The lowest BCUT2D eigenvalue weighted by molar-refractivity contribution is 0.0796. The Kier molecular flexibility index (Phi) is 5.30. The number of hydrogen-bond donors (Lipinski definition) is 1. The molecular weight excluding hydrogens is 208 g/mol. The summed E-state index contributed by atoms with van der Waals surface area (Å²) in [6.45, 7) is 6.29. The lowest BCUT2D eigenvalue weighted by atomic mass is 9.75. The zero-order chi connectivity index (χ0) is 12.1. The topological polar surface area (TPSA) is 15.3 Å². The molecule has 0 aromatic carbocycles. The van der Waals surface area contributed by atoms with Crippen molar-refractivity contribution in [3.63, 3.8) is 0 Å². The van der Waals surface area contributed by atoms with Crippen LogP contribution in [0.15, 0.2) is 0 Å². The van der Waals surface area contributed by atoms with Crippen LogP contribution in [0.1, 0.15) is 51.9 Å². The van der Waals surface area contributed by atoms with Crippen molar-refractivity contribution in [1.29, 1.82) is 0 Å². The maximum absolute atomic E-state index is 3.48. The zero-order valence-electron chi connectivity index (χ0n) is 11.8. The summed E-state index contributed by atoms with van der Waals surface area (Å²) in [5.41, 5.74) is 0. The van der Waals surface area contributed by atoms with Crippen LogP contribution in [0.2, 0.25) is 0 Å². The largest absolute Gasteiger partial charge is 0.316 e. The summed E-state index contributed by atoms with van der Waals surface area (Å²) in [7, 11) is 2.12. The fourth-order valence-electron chi connectivity index (χ4n) is 3.83. The van der Waals surface area contributed by atoms with E-state index in [9.17, 15) is 0 Å². The van der Waals surface area contributed by atoms with Crippen molar-refractivity contribution in [3.05, 3.63) is 0 Å². The number of piperidine rings is 1. The molecule has 0 aromatic heterocycles. The molecule has 0 aromatic rings. The third kappa shape index (κ3) is 3.69. The van der Waals surface area contributed by atoms with E-state index in [4.69, 9.17) is 0 Å². The Morgan fingerprint density at radius 3 is 2.65 bits per heavy atom. The number of fused-ring (bicyclic) bond motifs is 1. The number of rotatable bonds is 5. The molecule has 2 nitrogen and oxygen atoms in total. The van der Waals surface area contributed by atoms with E-state index in [1.165, 1.54) is 64.6 Å². The van der Waals surface area contributed by atoms with Gasteiger partial charge in [-0.1, -0.05) is 32.6 Å². The van der Waals surface area contributed by atoms with E-state index in [2.05, 4.69) is 24.2 Å². The number of nitrogens with zero attached hydrogens (tertiary/aromatic N) is 1. The van der Waals surface area contributed by atoms with E-state index < -0.39 is 0 Å². The van der Waals surface area contributed by atoms with Crippen LogP contribution in [0, 0.1) is 11.8 Å². The lowest BCUT2D eigenvalue weighted by Crippen LogP contribution is -2.47. The number of nitrogens with one attached hydrogen (secondary N) is 1. The normalized spacial score (nSPS) is 32.1. The average Bonchev–Trinajstić information content (AvgIpc) is 2.38. The van der Waals surface area contributed by atoms with Gasteiger partial charge >= 0.3 is 0 Å². The molecule has 1 saturated heterocycles. The smallest absolute Gasteiger partial charge is 0.0191 e. The van der Waals surface area contributed by atoms with Gasteiger partial charge in [0.1, 0.15) is 0 Å². The Labute approximate surface area is 107 Å². The minimum atomic E-state index is 0.708. The Hall–Kier alpha value is -0.0800. The van der Waals surface area contributed by atoms with Crippen molar-refractivity contribution < 1.29 is 0 Å². The minimum absolute atomic E-state index is 0.708. The molecule has 3 atom stereocenters. The van der Waals surface area contributed by atoms with Crippen LogP contribution >= 0.6 is 0 Å². The first-order valence-corrected chi connectivity index (χ1v) is 7.73. The van der Waals surface area contributed by atoms with Gasteiger partial charge in [0.25, 0.3) is 0 Å². The molecule has 1 saturated carbocycles. The second kappa shape index (κ2) is 6.75. The molecule has 100 valence electrons. The second-order valence-corrected chi connectivity index (χ2v) is 6.13. The molecule has 1 heterocycles. The van der Waals surface area contributed by atoms with Crippen LogP contribution in [0.4, 0.5) is 0 Å². The van der Waals surface area contributed by atoms with Gasteiger partial charge in [0.2, 0.25) is 0 Å². The molecule has 1 N–H and O–H groups in total. The second-order valence-electron chi connectivity index (χ2n) is 6.13. The molecule has 3 unspecified atom stereocenters. The molecule has 0 bridgehead atoms. The van der Waals surface area contributed by atoms with Crippen molar-refractivity contribution in [2.45, 2.75) is 57.9 Å². The third-order valence-corrected chi connectivity index (χ3v) is 4.90. The molecule has 2 heteroatoms. The molecule has 0 spiro atoms. The fourth-order valence-corrected chi connectivity index (χ4v) is 3.83. The van der Waals surface area contributed by atoms with Gasteiger partial charge in [-0.15, -0.1) is 0 Å². The highest BCUT2D eigenvalue weighted by Crippen LogP contribution is 2.35. The van der Waals surface area contributed by atoms with Gasteiger partial charge in [0.05, 0.1) is 0 Å². The van der Waals surface area contributed by atoms with E-state index in [-0.39, 0.29) is 0 Å². The number of hydrogen-bond acceptors (Lipinski definition) is 2.